The lowest BCUT2D eigenvalue weighted by atomic mass is 10.2. The zero-order valence-electron chi connectivity index (χ0n) is 16.9. The number of hydrogen-bond donors (Lipinski definition) is 2. The standard InChI is InChI=1S/C21H26N4O4.HI/c1-22-21(23-8-13-27-16-6-7-19-20(14-16)29-15-28-19)25-11-9-24(10-12-25)17-4-2-3-5-18(17)26;/h2-7,14,26H,8-13,15H2,1H3,(H,22,23);1H. The smallest absolute Gasteiger partial charge is 0.231 e. The first kappa shape index (κ1) is 22.1. The average Bonchev–Trinajstić information content (AvgIpc) is 3.22. The van der Waals surface area contributed by atoms with Crippen LogP contribution >= 0.6 is 24.0 Å². The molecule has 2 N–H and O–H groups in total. The van der Waals surface area contributed by atoms with Crippen LogP contribution in [-0.4, -0.2) is 69.1 Å². The van der Waals surface area contributed by atoms with Gasteiger partial charge >= 0.3 is 0 Å². The third kappa shape index (κ3) is 5.13. The maximum atomic E-state index is 10.1. The van der Waals surface area contributed by atoms with Crippen molar-refractivity contribution in [2.45, 2.75) is 0 Å². The summed E-state index contributed by atoms with van der Waals surface area (Å²) in [5, 5.41) is 13.4. The topological polar surface area (TPSA) is 78.8 Å². The van der Waals surface area contributed by atoms with Gasteiger partial charge in [0, 0.05) is 39.3 Å². The summed E-state index contributed by atoms with van der Waals surface area (Å²) in [5.41, 5.74) is 0.882. The Morgan fingerprint density at radius 1 is 1.10 bits per heavy atom. The molecule has 0 radical (unpaired) electrons. The quantitative estimate of drug-likeness (QED) is 0.269. The fourth-order valence-electron chi connectivity index (χ4n) is 3.52. The van der Waals surface area contributed by atoms with Crippen molar-refractivity contribution in [2.75, 3.05) is 58.1 Å². The van der Waals surface area contributed by atoms with Gasteiger partial charge in [-0.3, -0.25) is 4.99 Å². The Hall–Kier alpha value is -2.56. The average molecular weight is 526 g/mol. The summed E-state index contributed by atoms with van der Waals surface area (Å²) >= 11 is 0. The molecule has 0 unspecified atom stereocenters. The molecule has 4 rings (SSSR count). The number of rotatable bonds is 5. The van der Waals surface area contributed by atoms with Crippen molar-refractivity contribution < 1.29 is 19.3 Å². The number of benzene rings is 2. The number of aromatic hydroxyl groups is 1. The van der Waals surface area contributed by atoms with E-state index in [9.17, 15) is 5.11 Å². The molecular weight excluding hydrogens is 499 g/mol. The summed E-state index contributed by atoms with van der Waals surface area (Å²) in [5.74, 6) is 3.40. The molecule has 2 aromatic rings. The summed E-state index contributed by atoms with van der Waals surface area (Å²) in [7, 11) is 1.79. The van der Waals surface area contributed by atoms with Crippen molar-refractivity contribution in [3.8, 4) is 23.0 Å². The van der Waals surface area contributed by atoms with E-state index in [0.717, 1.165) is 49.3 Å². The van der Waals surface area contributed by atoms with Crippen LogP contribution in [0.3, 0.4) is 0 Å². The summed E-state index contributed by atoms with van der Waals surface area (Å²) in [6, 6.07) is 13.0. The van der Waals surface area contributed by atoms with E-state index < -0.39 is 0 Å². The first-order chi connectivity index (χ1) is 14.2. The fraction of sp³-hybridized carbons (Fsp3) is 0.381. The molecule has 1 fully saturated rings. The number of aliphatic imine (C=N–C) groups is 1. The summed E-state index contributed by atoms with van der Waals surface area (Å²) in [6.07, 6.45) is 0. The molecule has 9 heteroatoms. The van der Waals surface area contributed by atoms with Gasteiger partial charge in [-0.25, -0.2) is 0 Å². The zero-order valence-corrected chi connectivity index (χ0v) is 19.2. The van der Waals surface area contributed by atoms with Crippen molar-refractivity contribution in [1.29, 1.82) is 0 Å². The first-order valence-electron chi connectivity index (χ1n) is 9.75. The predicted molar refractivity (Wildman–Crippen MR) is 127 cm³/mol. The number of guanidine groups is 1. The molecule has 2 heterocycles. The fourth-order valence-corrected chi connectivity index (χ4v) is 3.52. The number of hydrogen-bond acceptors (Lipinski definition) is 6. The molecule has 2 aliphatic rings. The van der Waals surface area contributed by atoms with E-state index >= 15 is 0 Å². The first-order valence-corrected chi connectivity index (χ1v) is 9.75. The van der Waals surface area contributed by atoms with Gasteiger partial charge in [-0.15, -0.1) is 24.0 Å². The molecule has 8 nitrogen and oxygen atoms in total. The number of halogens is 1. The summed E-state index contributed by atoms with van der Waals surface area (Å²) in [4.78, 5) is 8.81. The van der Waals surface area contributed by atoms with Crippen LogP contribution in [0.1, 0.15) is 0 Å². The molecule has 0 aliphatic carbocycles. The van der Waals surface area contributed by atoms with Crippen LogP contribution in [0.2, 0.25) is 0 Å². The summed E-state index contributed by atoms with van der Waals surface area (Å²) in [6.45, 7) is 4.72. The molecule has 0 aromatic heterocycles. The van der Waals surface area contributed by atoms with Crippen molar-refractivity contribution in [1.82, 2.24) is 10.2 Å². The molecule has 2 aromatic carbocycles. The Kier molecular flexibility index (Phi) is 7.72. The lowest BCUT2D eigenvalue weighted by Gasteiger charge is -2.37. The molecule has 0 bridgehead atoms. The highest BCUT2D eigenvalue weighted by atomic mass is 127. The molecule has 2 aliphatic heterocycles. The number of fused-ring (bicyclic) bond motifs is 1. The maximum absolute atomic E-state index is 10.1. The highest BCUT2D eigenvalue weighted by Gasteiger charge is 2.21. The molecule has 0 atom stereocenters. The van der Waals surface area contributed by atoms with Crippen molar-refractivity contribution in [2.24, 2.45) is 4.99 Å². The van der Waals surface area contributed by atoms with Crippen LogP contribution in [0.5, 0.6) is 23.0 Å². The SMILES string of the molecule is CN=C(NCCOc1ccc2c(c1)OCO2)N1CCN(c2ccccc2O)CC1.I. The number of phenols is 1. The number of phenolic OH excluding ortho intramolecular Hbond substituents is 1. The normalized spacial score (nSPS) is 15.6. The third-order valence-electron chi connectivity index (χ3n) is 5.01. The van der Waals surface area contributed by atoms with E-state index in [2.05, 4.69) is 20.1 Å². The minimum absolute atomic E-state index is 0. The van der Waals surface area contributed by atoms with Crippen LogP contribution in [0, 0.1) is 0 Å². The van der Waals surface area contributed by atoms with Crippen LogP contribution < -0.4 is 24.4 Å². The van der Waals surface area contributed by atoms with Crippen LogP contribution in [0.15, 0.2) is 47.5 Å². The minimum atomic E-state index is 0. The van der Waals surface area contributed by atoms with Gasteiger partial charge in [0.1, 0.15) is 18.1 Å². The molecule has 30 heavy (non-hydrogen) atoms. The Balaban J connectivity index is 0.00000256. The molecule has 0 amide bonds. The second-order valence-corrected chi connectivity index (χ2v) is 6.80. The number of para-hydroxylation sites is 2. The second-order valence-electron chi connectivity index (χ2n) is 6.80. The van der Waals surface area contributed by atoms with Crippen LogP contribution in [-0.2, 0) is 0 Å². The van der Waals surface area contributed by atoms with E-state index in [1.807, 2.05) is 36.4 Å². The van der Waals surface area contributed by atoms with Gasteiger partial charge in [0.15, 0.2) is 17.5 Å². The largest absolute Gasteiger partial charge is 0.506 e. The van der Waals surface area contributed by atoms with Crippen molar-refractivity contribution >= 4 is 35.6 Å². The van der Waals surface area contributed by atoms with Gasteiger partial charge in [0.05, 0.1) is 12.2 Å². The molecule has 162 valence electrons. The molecule has 1 saturated heterocycles. The van der Waals surface area contributed by atoms with E-state index in [1.165, 1.54) is 0 Å². The van der Waals surface area contributed by atoms with Gasteiger partial charge in [0.2, 0.25) is 6.79 Å². The van der Waals surface area contributed by atoms with Crippen LogP contribution in [0.25, 0.3) is 0 Å². The third-order valence-corrected chi connectivity index (χ3v) is 5.01. The van der Waals surface area contributed by atoms with E-state index in [0.29, 0.717) is 24.7 Å². The summed E-state index contributed by atoms with van der Waals surface area (Å²) < 4.78 is 16.5. The van der Waals surface area contributed by atoms with E-state index in [4.69, 9.17) is 14.2 Å². The van der Waals surface area contributed by atoms with Crippen LogP contribution in [0.4, 0.5) is 5.69 Å². The predicted octanol–water partition coefficient (Wildman–Crippen LogP) is 2.52. The van der Waals surface area contributed by atoms with Gasteiger partial charge < -0.3 is 34.4 Å². The van der Waals surface area contributed by atoms with Crippen molar-refractivity contribution in [3.05, 3.63) is 42.5 Å². The van der Waals surface area contributed by atoms with Crippen molar-refractivity contribution in [3.63, 3.8) is 0 Å². The minimum Gasteiger partial charge on any atom is -0.506 e. The number of nitrogens with zero attached hydrogens (tertiary/aromatic N) is 3. The van der Waals surface area contributed by atoms with E-state index in [-0.39, 0.29) is 30.8 Å². The molecule has 0 saturated carbocycles. The lowest BCUT2D eigenvalue weighted by Crippen LogP contribution is -2.53. The van der Waals surface area contributed by atoms with E-state index in [1.54, 1.807) is 13.1 Å². The Morgan fingerprint density at radius 3 is 2.63 bits per heavy atom. The number of piperazine rings is 1. The van der Waals surface area contributed by atoms with Gasteiger partial charge in [-0.05, 0) is 24.3 Å². The number of nitrogens with one attached hydrogen (secondary N) is 1. The highest BCUT2D eigenvalue weighted by Crippen LogP contribution is 2.35. The molecule has 0 spiro atoms. The monoisotopic (exact) mass is 526 g/mol. The maximum Gasteiger partial charge on any atom is 0.231 e. The number of ether oxygens (including phenoxy) is 3. The second kappa shape index (κ2) is 10.5. The van der Waals surface area contributed by atoms with Gasteiger partial charge in [-0.2, -0.15) is 0 Å². The highest BCUT2D eigenvalue weighted by molar-refractivity contribution is 14.0. The van der Waals surface area contributed by atoms with Gasteiger partial charge in [0.25, 0.3) is 0 Å². The Bertz CT molecular complexity index is 872. The Morgan fingerprint density at radius 2 is 1.87 bits per heavy atom. The Labute approximate surface area is 193 Å². The zero-order chi connectivity index (χ0) is 20.1. The molecular formula is C21H27IN4O4. The number of anilines is 1. The van der Waals surface area contributed by atoms with Gasteiger partial charge in [-0.1, -0.05) is 12.1 Å². The lowest BCUT2D eigenvalue weighted by molar-refractivity contribution is 0.173.